The van der Waals surface area contributed by atoms with Gasteiger partial charge in [0.15, 0.2) is 0 Å². The zero-order valence-corrected chi connectivity index (χ0v) is 17.2. The Labute approximate surface area is 178 Å². The van der Waals surface area contributed by atoms with Gasteiger partial charge < -0.3 is 14.8 Å². The first-order valence-corrected chi connectivity index (χ1v) is 9.44. The standard InChI is InChI=1S/C21H20ClFN4O3/c1-14-17(20(22)27(26-14)16-7-5-15(23)6-8-16)9-10-19(28)25-18-4-3-11-24-21(18)30-13-12-29-2/h3-11H,12-13H2,1-2H3,(H,25,28)/b10-9+. The van der Waals surface area contributed by atoms with Gasteiger partial charge in [-0.1, -0.05) is 11.6 Å². The van der Waals surface area contributed by atoms with Crippen molar-refractivity contribution >= 4 is 29.3 Å². The molecule has 2 heterocycles. The number of carbonyl (C=O) groups excluding carboxylic acids is 1. The fraction of sp³-hybridized carbons (Fsp3) is 0.190. The van der Waals surface area contributed by atoms with E-state index in [1.54, 1.807) is 50.6 Å². The Morgan fingerprint density at radius 2 is 2.03 bits per heavy atom. The van der Waals surface area contributed by atoms with Crippen molar-refractivity contribution in [2.75, 3.05) is 25.6 Å². The van der Waals surface area contributed by atoms with Crippen molar-refractivity contribution < 1.29 is 18.7 Å². The third kappa shape index (κ3) is 5.22. The van der Waals surface area contributed by atoms with Crippen LogP contribution in [0.1, 0.15) is 11.3 Å². The van der Waals surface area contributed by atoms with E-state index in [9.17, 15) is 9.18 Å². The van der Waals surface area contributed by atoms with Crippen LogP contribution in [0.15, 0.2) is 48.7 Å². The normalized spacial score (nSPS) is 11.1. The third-order valence-corrected chi connectivity index (χ3v) is 4.44. The molecular weight excluding hydrogens is 411 g/mol. The molecule has 0 aliphatic heterocycles. The van der Waals surface area contributed by atoms with Gasteiger partial charge in [-0.2, -0.15) is 5.10 Å². The maximum absolute atomic E-state index is 13.2. The van der Waals surface area contributed by atoms with Crippen LogP contribution in [0.25, 0.3) is 11.8 Å². The molecule has 0 atom stereocenters. The first-order valence-electron chi connectivity index (χ1n) is 9.06. The van der Waals surface area contributed by atoms with Crippen LogP contribution in [0.3, 0.4) is 0 Å². The van der Waals surface area contributed by atoms with Crippen molar-refractivity contribution in [3.05, 3.63) is 70.9 Å². The number of anilines is 1. The SMILES string of the molecule is COCCOc1ncccc1NC(=O)/C=C/c1c(C)nn(-c2ccc(F)cc2)c1Cl. The predicted octanol–water partition coefficient (Wildman–Crippen LogP) is 4.05. The van der Waals surface area contributed by atoms with Crippen molar-refractivity contribution in [1.29, 1.82) is 0 Å². The van der Waals surface area contributed by atoms with Crippen molar-refractivity contribution in [2.24, 2.45) is 0 Å². The Kier molecular flexibility index (Phi) is 7.16. The fourth-order valence-electron chi connectivity index (χ4n) is 2.61. The van der Waals surface area contributed by atoms with Crippen LogP contribution < -0.4 is 10.1 Å². The Morgan fingerprint density at radius 3 is 2.77 bits per heavy atom. The van der Waals surface area contributed by atoms with E-state index < -0.39 is 0 Å². The number of methoxy groups -OCH3 is 1. The minimum atomic E-state index is -0.385. The number of amides is 1. The molecule has 0 spiro atoms. The smallest absolute Gasteiger partial charge is 0.248 e. The molecular formula is C21H20ClFN4O3. The Morgan fingerprint density at radius 1 is 1.27 bits per heavy atom. The lowest BCUT2D eigenvalue weighted by Gasteiger charge is -2.09. The van der Waals surface area contributed by atoms with Crippen molar-refractivity contribution in [3.8, 4) is 11.6 Å². The molecule has 2 aromatic heterocycles. The van der Waals surface area contributed by atoms with Crippen molar-refractivity contribution in [3.63, 3.8) is 0 Å². The van der Waals surface area contributed by atoms with E-state index >= 15 is 0 Å². The zero-order chi connectivity index (χ0) is 21.5. The highest BCUT2D eigenvalue weighted by molar-refractivity contribution is 6.31. The summed E-state index contributed by atoms with van der Waals surface area (Å²) < 4.78 is 25.1. The van der Waals surface area contributed by atoms with Crippen LogP contribution >= 0.6 is 11.6 Å². The summed E-state index contributed by atoms with van der Waals surface area (Å²) in [7, 11) is 1.57. The fourth-order valence-corrected chi connectivity index (χ4v) is 2.95. The number of nitrogens with one attached hydrogen (secondary N) is 1. The lowest BCUT2D eigenvalue weighted by atomic mass is 10.2. The van der Waals surface area contributed by atoms with Gasteiger partial charge in [0.2, 0.25) is 11.8 Å². The molecule has 0 saturated carbocycles. The summed E-state index contributed by atoms with van der Waals surface area (Å²) in [6.07, 6.45) is 4.49. The van der Waals surface area contributed by atoms with Crippen LogP contribution in [0.2, 0.25) is 5.15 Å². The average Bonchev–Trinajstić information content (AvgIpc) is 3.02. The van der Waals surface area contributed by atoms with Gasteiger partial charge in [-0.25, -0.2) is 14.1 Å². The zero-order valence-electron chi connectivity index (χ0n) is 16.4. The molecule has 0 aliphatic rings. The summed E-state index contributed by atoms with van der Waals surface area (Å²) >= 11 is 6.43. The summed E-state index contributed by atoms with van der Waals surface area (Å²) in [5, 5.41) is 7.40. The molecule has 3 aromatic rings. The molecule has 7 nitrogen and oxygen atoms in total. The molecule has 30 heavy (non-hydrogen) atoms. The van der Waals surface area contributed by atoms with E-state index in [0.717, 1.165) is 0 Å². The van der Waals surface area contributed by atoms with Gasteiger partial charge in [-0.15, -0.1) is 0 Å². The van der Waals surface area contributed by atoms with Gasteiger partial charge in [0.1, 0.15) is 23.3 Å². The lowest BCUT2D eigenvalue weighted by Crippen LogP contribution is -2.12. The van der Waals surface area contributed by atoms with Gasteiger partial charge in [-0.05, 0) is 49.4 Å². The highest BCUT2D eigenvalue weighted by Gasteiger charge is 2.13. The number of benzene rings is 1. The number of hydrogen-bond donors (Lipinski definition) is 1. The summed E-state index contributed by atoms with van der Waals surface area (Å²) in [5.41, 5.74) is 2.26. The second kappa shape index (κ2) is 10.00. The molecule has 0 unspecified atom stereocenters. The molecule has 9 heteroatoms. The van der Waals surface area contributed by atoms with Crippen LogP contribution in [0.5, 0.6) is 5.88 Å². The lowest BCUT2D eigenvalue weighted by molar-refractivity contribution is -0.111. The number of hydrogen-bond acceptors (Lipinski definition) is 5. The maximum atomic E-state index is 13.2. The summed E-state index contributed by atoms with van der Waals surface area (Å²) in [5.74, 6) is -0.434. The van der Waals surface area contributed by atoms with E-state index in [1.807, 2.05) is 0 Å². The predicted molar refractivity (Wildman–Crippen MR) is 113 cm³/mol. The van der Waals surface area contributed by atoms with Gasteiger partial charge in [0.05, 0.1) is 18.0 Å². The maximum Gasteiger partial charge on any atom is 0.248 e. The molecule has 0 fully saturated rings. The van der Waals surface area contributed by atoms with Gasteiger partial charge in [0.25, 0.3) is 0 Å². The second-order valence-corrected chi connectivity index (χ2v) is 6.56. The number of aromatic nitrogens is 3. The van der Waals surface area contributed by atoms with Crippen LogP contribution in [0.4, 0.5) is 10.1 Å². The number of carbonyl (C=O) groups is 1. The molecule has 1 N–H and O–H groups in total. The molecule has 1 aromatic carbocycles. The Hall–Kier alpha value is -3.23. The van der Waals surface area contributed by atoms with E-state index in [1.165, 1.54) is 22.9 Å². The third-order valence-electron chi connectivity index (χ3n) is 4.08. The first-order chi connectivity index (χ1) is 14.5. The van der Waals surface area contributed by atoms with Crippen LogP contribution in [-0.4, -0.2) is 41.0 Å². The summed E-state index contributed by atoms with van der Waals surface area (Å²) in [6.45, 7) is 2.48. The van der Waals surface area contributed by atoms with E-state index in [-0.39, 0.29) is 11.7 Å². The minimum Gasteiger partial charge on any atom is -0.474 e. The number of aryl methyl sites for hydroxylation is 1. The molecule has 1 amide bonds. The van der Waals surface area contributed by atoms with E-state index in [4.69, 9.17) is 21.1 Å². The number of nitrogens with zero attached hydrogens (tertiary/aromatic N) is 3. The summed E-state index contributed by atoms with van der Waals surface area (Å²) in [4.78, 5) is 16.5. The number of ether oxygens (including phenoxy) is 2. The monoisotopic (exact) mass is 430 g/mol. The largest absolute Gasteiger partial charge is 0.474 e. The molecule has 156 valence electrons. The van der Waals surface area contributed by atoms with Gasteiger partial charge >= 0.3 is 0 Å². The number of rotatable bonds is 8. The number of pyridine rings is 1. The topological polar surface area (TPSA) is 78.3 Å². The second-order valence-electron chi connectivity index (χ2n) is 6.20. The average molecular weight is 431 g/mol. The minimum absolute atomic E-state index is 0.301. The first kappa shape index (κ1) is 21.5. The highest BCUT2D eigenvalue weighted by atomic mass is 35.5. The van der Waals surface area contributed by atoms with Gasteiger partial charge in [-0.3, -0.25) is 4.79 Å². The molecule has 0 saturated heterocycles. The molecule has 0 aliphatic carbocycles. The van der Waals surface area contributed by atoms with Crippen molar-refractivity contribution in [1.82, 2.24) is 14.8 Å². The van der Waals surface area contributed by atoms with E-state index in [2.05, 4.69) is 15.4 Å². The Bertz CT molecular complexity index is 1050. The molecule has 0 bridgehead atoms. The van der Waals surface area contributed by atoms with Gasteiger partial charge in [0, 0.05) is 24.9 Å². The number of halogens is 2. The molecule has 3 rings (SSSR count). The van der Waals surface area contributed by atoms with Crippen LogP contribution in [-0.2, 0) is 9.53 Å². The summed E-state index contributed by atoms with van der Waals surface area (Å²) in [6, 6.07) is 9.17. The quantitative estimate of drug-likeness (QED) is 0.431. The van der Waals surface area contributed by atoms with Crippen LogP contribution in [0, 0.1) is 12.7 Å². The Balaban J connectivity index is 1.74. The molecule has 0 radical (unpaired) electrons. The van der Waals surface area contributed by atoms with Crippen molar-refractivity contribution in [2.45, 2.75) is 6.92 Å². The van der Waals surface area contributed by atoms with E-state index in [0.29, 0.717) is 46.9 Å². The highest BCUT2D eigenvalue weighted by Crippen LogP contribution is 2.25.